The molecule has 0 aliphatic rings. The topological polar surface area (TPSA) is 76.4 Å². The van der Waals surface area contributed by atoms with Gasteiger partial charge in [-0.15, -0.1) is 0 Å². The SMILES string of the molecule is CCS(=O)(=O)c1ccccc1C(=O)NC(C)c1ccc(C)o1. The molecule has 22 heavy (non-hydrogen) atoms. The Labute approximate surface area is 130 Å². The van der Waals surface area contributed by atoms with E-state index in [9.17, 15) is 13.2 Å². The maximum Gasteiger partial charge on any atom is 0.253 e. The number of benzene rings is 1. The molecule has 0 aliphatic carbocycles. The summed E-state index contributed by atoms with van der Waals surface area (Å²) in [5.74, 6) is 0.894. The van der Waals surface area contributed by atoms with Crippen LogP contribution in [0.25, 0.3) is 0 Å². The van der Waals surface area contributed by atoms with Crippen LogP contribution in [0.3, 0.4) is 0 Å². The van der Waals surface area contributed by atoms with Gasteiger partial charge in [-0.1, -0.05) is 19.1 Å². The van der Waals surface area contributed by atoms with Crippen molar-refractivity contribution in [3.8, 4) is 0 Å². The molecule has 1 aromatic heterocycles. The fourth-order valence-corrected chi connectivity index (χ4v) is 3.21. The van der Waals surface area contributed by atoms with E-state index in [-0.39, 0.29) is 22.3 Å². The molecular weight excluding hydrogens is 302 g/mol. The van der Waals surface area contributed by atoms with Crippen LogP contribution in [-0.4, -0.2) is 20.1 Å². The fraction of sp³-hybridized carbons (Fsp3) is 0.312. The monoisotopic (exact) mass is 321 g/mol. The molecule has 0 spiro atoms. The largest absolute Gasteiger partial charge is 0.464 e. The molecule has 0 bridgehead atoms. The summed E-state index contributed by atoms with van der Waals surface area (Å²) in [6.07, 6.45) is 0. The Kier molecular flexibility index (Phi) is 4.71. The van der Waals surface area contributed by atoms with E-state index in [1.54, 1.807) is 32.0 Å². The fourth-order valence-electron chi connectivity index (χ4n) is 2.11. The van der Waals surface area contributed by atoms with E-state index in [0.717, 1.165) is 5.76 Å². The van der Waals surface area contributed by atoms with Gasteiger partial charge in [0.25, 0.3) is 5.91 Å². The summed E-state index contributed by atoms with van der Waals surface area (Å²) in [7, 11) is -3.45. The normalized spacial score (nSPS) is 12.9. The Morgan fingerprint density at radius 2 is 1.91 bits per heavy atom. The molecule has 118 valence electrons. The zero-order valence-corrected chi connectivity index (χ0v) is 13.6. The third-order valence-electron chi connectivity index (χ3n) is 3.38. The number of carbonyl (C=O) groups excluding carboxylic acids is 1. The predicted molar refractivity (Wildman–Crippen MR) is 83.5 cm³/mol. The van der Waals surface area contributed by atoms with Crippen molar-refractivity contribution in [3.63, 3.8) is 0 Å². The summed E-state index contributed by atoms with van der Waals surface area (Å²) >= 11 is 0. The summed E-state index contributed by atoms with van der Waals surface area (Å²) in [4.78, 5) is 12.5. The number of hydrogen-bond donors (Lipinski definition) is 1. The van der Waals surface area contributed by atoms with Gasteiger partial charge in [0.15, 0.2) is 9.84 Å². The molecule has 2 aromatic rings. The van der Waals surface area contributed by atoms with Crippen LogP contribution < -0.4 is 5.32 Å². The van der Waals surface area contributed by atoms with Gasteiger partial charge in [-0.25, -0.2) is 8.42 Å². The van der Waals surface area contributed by atoms with Crippen molar-refractivity contribution in [2.45, 2.75) is 31.7 Å². The average molecular weight is 321 g/mol. The van der Waals surface area contributed by atoms with E-state index >= 15 is 0 Å². The highest BCUT2D eigenvalue weighted by Crippen LogP contribution is 2.20. The van der Waals surface area contributed by atoms with E-state index in [0.29, 0.717) is 5.76 Å². The minimum Gasteiger partial charge on any atom is -0.464 e. The van der Waals surface area contributed by atoms with Gasteiger partial charge in [-0.2, -0.15) is 0 Å². The molecule has 1 aromatic carbocycles. The second kappa shape index (κ2) is 6.36. The Hall–Kier alpha value is -2.08. The Morgan fingerprint density at radius 1 is 1.23 bits per heavy atom. The third-order valence-corrected chi connectivity index (χ3v) is 5.17. The average Bonchev–Trinajstić information content (AvgIpc) is 2.94. The van der Waals surface area contributed by atoms with E-state index in [1.807, 2.05) is 13.0 Å². The zero-order chi connectivity index (χ0) is 16.3. The number of nitrogens with one attached hydrogen (secondary N) is 1. The molecule has 2 rings (SSSR count). The smallest absolute Gasteiger partial charge is 0.253 e. The summed E-state index contributed by atoms with van der Waals surface area (Å²) in [5.41, 5.74) is 0.152. The lowest BCUT2D eigenvalue weighted by molar-refractivity contribution is 0.0932. The lowest BCUT2D eigenvalue weighted by Gasteiger charge is -2.14. The molecule has 1 heterocycles. The zero-order valence-electron chi connectivity index (χ0n) is 12.8. The van der Waals surface area contributed by atoms with Crippen molar-refractivity contribution in [2.75, 3.05) is 5.75 Å². The predicted octanol–water partition coefficient (Wildman–Crippen LogP) is 2.87. The van der Waals surface area contributed by atoms with Gasteiger partial charge in [0.2, 0.25) is 0 Å². The minimum absolute atomic E-state index is 0.0514. The third kappa shape index (κ3) is 3.39. The summed E-state index contributed by atoms with van der Waals surface area (Å²) in [5, 5.41) is 2.77. The number of amides is 1. The first kappa shape index (κ1) is 16.3. The van der Waals surface area contributed by atoms with Crippen molar-refractivity contribution in [1.29, 1.82) is 0 Å². The quantitative estimate of drug-likeness (QED) is 0.918. The summed E-state index contributed by atoms with van der Waals surface area (Å²) in [6.45, 7) is 5.16. The number of furan rings is 1. The lowest BCUT2D eigenvalue weighted by atomic mass is 10.2. The first-order chi connectivity index (χ1) is 10.3. The van der Waals surface area contributed by atoms with Crippen LogP contribution in [0.15, 0.2) is 45.7 Å². The standard InChI is InChI=1S/C16H19NO4S/c1-4-22(19,20)15-8-6-5-7-13(15)16(18)17-12(3)14-10-9-11(2)21-14/h5-10,12H,4H2,1-3H3,(H,17,18). The lowest BCUT2D eigenvalue weighted by Crippen LogP contribution is -2.28. The van der Waals surface area contributed by atoms with Crippen LogP contribution in [0.2, 0.25) is 0 Å². The molecule has 0 aliphatic heterocycles. The molecule has 0 fully saturated rings. The van der Waals surface area contributed by atoms with E-state index < -0.39 is 15.7 Å². The maximum atomic E-state index is 12.4. The van der Waals surface area contributed by atoms with Crippen LogP contribution in [0.4, 0.5) is 0 Å². The molecule has 5 nitrogen and oxygen atoms in total. The molecule has 0 radical (unpaired) electrons. The van der Waals surface area contributed by atoms with Gasteiger partial charge < -0.3 is 9.73 Å². The number of carbonyl (C=O) groups is 1. The first-order valence-electron chi connectivity index (χ1n) is 7.04. The highest BCUT2D eigenvalue weighted by atomic mass is 32.2. The molecular formula is C16H19NO4S. The number of sulfone groups is 1. The van der Waals surface area contributed by atoms with Crippen LogP contribution in [-0.2, 0) is 9.84 Å². The second-order valence-corrected chi connectivity index (χ2v) is 7.29. The Bertz CT molecular complexity index is 777. The second-order valence-electron chi connectivity index (χ2n) is 5.04. The van der Waals surface area contributed by atoms with Gasteiger partial charge in [-0.05, 0) is 38.1 Å². The molecule has 1 amide bonds. The van der Waals surface area contributed by atoms with Gasteiger partial charge in [-0.3, -0.25) is 4.79 Å². The van der Waals surface area contributed by atoms with E-state index in [1.165, 1.54) is 12.1 Å². The minimum atomic E-state index is -3.45. The molecule has 0 saturated carbocycles. The van der Waals surface area contributed by atoms with Crippen LogP contribution in [0.5, 0.6) is 0 Å². The first-order valence-corrected chi connectivity index (χ1v) is 8.69. The van der Waals surface area contributed by atoms with Gasteiger partial charge in [0, 0.05) is 0 Å². The van der Waals surface area contributed by atoms with Gasteiger partial charge in [0.1, 0.15) is 11.5 Å². The van der Waals surface area contributed by atoms with Crippen LogP contribution in [0, 0.1) is 6.92 Å². The summed E-state index contributed by atoms with van der Waals surface area (Å²) in [6, 6.07) is 9.47. The van der Waals surface area contributed by atoms with Crippen LogP contribution >= 0.6 is 0 Å². The van der Waals surface area contributed by atoms with E-state index in [4.69, 9.17) is 4.42 Å². The van der Waals surface area contributed by atoms with Crippen molar-refractivity contribution in [1.82, 2.24) is 5.32 Å². The Morgan fingerprint density at radius 3 is 2.50 bits per heavy atom. The molecule has 1 N–H and O–H groups in total. The van der Waals surface area contributed by atoms with Crippen LogP contribution in [0.1, 0.15) is 41.8 Å². The van der Waals surface area contributed by atoms with Gasteiger partial charge >= 0.3 is 0 Å². The number of hydrogen-bond acceptors (Lipinski definition) is 4. The number of aryl methyl sites for hydroxylation is 1. The summed E-state index contributed by atoms with van der Waals surface area (Å²) < 4.78 is 29.6. The maximum absolute atomic E-state index is 12.4. The van der Waals surface area contributed by atoms with Crippen molar-refractivity contribution in [2.24, 2.45) is 0 Å². The Balaban J connectivity index is 2.27. The molecule has 6 heteroatoms. The van der Waals surface area contributed by atoms with Crippen molar-refractivity contribution >= 4 is 15.7 Å². The van der Waals surface area contributed by atoms with E-state index in [2.05, 4.69) is 5.32 Å². The van der Waals surface area contributed by atoms with Gasteiger partial charge in [0.05, 0.1) is 22.3 Å². The molecule has 1 atom stereocenters. The van der Waals surface area contributed by atoms with Crippen molar-refractivity contribution in [3.05, 3.63) is 53.5 Å². The highest BCUT2D eigenvalue weighted by molar-refractivity contribution is 7.91. The number of rotatable bonds is 5. The molecule has 1 unspecified atom stereocenters. The highest BCUT2D eigenvalue weighted by Gasteiger charge is 2.22. The molecule has 0 saturated heterocycles. The van der Waals surface area contributed by atoms with Crippen molar-refractivity contribution < 1.29 is 17.6 Å².